The quantitative estimate of drug-likeness (QED) is 0.680. The van der Waals surface area contributed by atoms with E-state index in [9.17, 15) is 9.18 Å². The molecule has 0 radical (unpaired) electrons. The SMILES string of the molecule is Cc1nn(CC(=O)NN=Cc2c(C)nn(C)c2F)cc1Cl. The van der Waals surface area contributed by atoms with Crippen molar-refractivity contribution in [2.24, 2.45) is 12.1 Å². The summed E-state index contributed by atoms with van der Waals surface area (Å²) in [5, 5.41) is 12.1. The average Bonchev–Trinajstić information content (AvgIpc) is 2.83. The zero-order valence-electron chi connectivity index (χ0n) is 11.8. The lowest BCUT2D eigenvalue weighted by atomic mass is 10.3. The van der Waals surface area contributed by atoms with Gasteiger partial charge in [0.25, 0.3) is 5.91 Å². The van der Waals surface area contributed by atoms with E-state index >= 15 is 0 Å². The van der Waals surface area contributed by atoms with E-state index in [2.05, 4.69) is 20.7 Å². The molecule has 0 bridgehead atoms. The fourth-order valence-electron chi connectivity index (χ4n) is 1.72. The molecule has 0 atom stereocenters. The second kappa shape index (κ2) is 6.04. The summed E-state index contributed by atoms with van der Waals surface area (Å²) in [5.41, 5.74) is 3.66. The molecule has 2 rings (SSSR count). The predicted molar refractivity (Wildman–Crippen MR) is 75.6 cm³/mol. The Morgan fingerprint density at radius 1 is 1.48 bits per heavy atom. The highest BCUT2D eigenvalue weighted by Gasteiger charge is 2.11. The minimum absolute atomic E-state index is 0.0284. The number of nitrogens with zero attached hydrogens (tertiary/aromatic N) is 5. The van der Waals surface area contributed by atoms with E-state index in [1.807, 2.05) is 0 Å². The van der Waals surface area contributed by atoms with E-state index in [-0.39, 0.29) is 12.1 Å². The number of halogens is 2. The topological polar surface area (TPSA) is 77.1 Å². The number of aryl methyl sites for hydroxylation is 3. The number of hydrogen-bond acceptors (Lipinski definition) is 4. The highest BCUT2D eigenvalue weighted by molar-refractivity contribution is 6.31. The van der Waals surface area contributed by atoms with Crippen molar-refractivity contribution in [3.63, 3.8) is 0 Å². The van der Waals surface area contributed by atoms with Crippen LogP contribution < -0.4 is 5.43 Å². The summed E-state index contributed by atoms with van der Waals surface area (Å²) < 4.78 is 16.1. The van der Waals surface area contributed by atoms with Crippen molar-refractivity contribution in [3.8, 4) is 0 Å². The van der Waals surface area contributed by atoms with Crippen molar-refractivity contribution in [2.75, 3.05) is 0 Å². The third-order valence-corrected chi connectivity index (χ3v) is 3.14. The number of hydrazone groups is 1. The Hall–Kier alpha value is -2.22. The molecule has 21 heavy (non-hydrogen) atoms. The fraction of sp³-hybridized carbons (Fsp3) is 0.333. The van der Waals surface area contributed by atoms with Gasteiger partial charge in [0.1, 0.15) is 6.54 Å². The molecule has 0 aliphatic rings. The Labute approximate surface area is 125 Å². The lowest BCUT2D eigenvalue weighted by molar-refractivity contribution is -0.121. The van der Waals surface area contributed by atoms with Crippen LogP contribution in [-0.4, -0.2) is 31.7 Å². The first-order valence-corrected chi connectivity index (χ1v) is 6.47. The van der Waals surface area contributed by atoms with Crippen LogP contribution in [0.4, 0.5) is 4.39 Å². The Kier molecular flexibility index (Phi) is 4.37. The Morgan fingerprint density at radius 2 is 2.19 bits per heavy atom. The van der Waals surface area contributed by atoms with E-state index < -0.39 is 11.9 Å². The molecule has 112 valence electrons. The number of carbonyl (C=O) groups excluding carboxylic acids is 1. The summed E-state index contributed by atoms with van der Waals surface area (Å²) in [6.07, 6.45) is 2.77. The molecule has 0 saturated heterocycles. The minimum atomic E-state index is -0.514. The van der Waals surface area contributed by atoms with Gasteiger partial charge in [-0.15, -0.1) is 0 Å². The molecule has 0 aliphatic heterocycles. The molecule has 0 fully saturated rings. The van der Waals surface area contributed by atoms with Gasteiger partial charge in [-0.3, -0.25) is 9.48 Å². The molecule has 2 heterocycles. The lowest BCUT2D eigenvalue weighted by Gasteiger charge is -1.99. The zero-order valence-corrected chi connectivity index (χ0v) is 12.5. The van der Waals surface area contributed by atoms with Gasteiger partial charge in [0.2, 0.25) is 5.95 Å². The monoisotopic (exact) mass is 312 g/mol. The van der Waals surface area contributed by atoms with Crippen LogP contribution in [0.15, 0.2) is 11.3 Å². The predicted octanol–water partition coefficient (Wildman–Crippen LogP) is 1.18. The van der Waals surface area contributed by atoms with Crippen LogP contribution >= 0.6 is 11.6 Å². The van der Waals surface area contributed by atoms with Crippen LogP contribution in [0.2, 0.25) is 5.02 Å². The first kappa shape index (κ1) is 15.2. The van der Waals surface area contributed by atoms with Crippen LogP contribution in [-0.2, 0) is 18.4 Å². The normalized spacial score (nSPS) is 11.3. The molecule has 0 aliphatic carbocycles. The summed E-state index contributed by atoms with van der Waals surface area (Å²) in [7, 11) is 1.49. The van der Waals surface area contributed by atoms with Crippen molar-refractivity contribution in [2.45, 2.75) is 20.4 Å². The third kappa shape index (κ3) is 3.46. The molecular weight excluding hydrogens is 299 g/mol. The van der Waals surface area contributed by atoms with Gasteiger partial charge in [-0.1, -0.05) is 11.6 Å². The maximum Gasteiger partial charge on any atom is 0.261 e. The summed E-state index contributed by atoms with van der Waals surface area (Å²) in [5.74, 6) is -0.910. The molecule has 0 unspecified atom stereocenters. The second-order valence-corrected chi connectivity index (χ2v) is 4.87. The van der Waals surface area contributed by atoms with Gasteiger partial charge in [-0.25, -0.2) is 10.1 Å². The number of carbonyl (C=O) groups is 1. The molecule has 0 aromatic carbocycles. The van der Waals surface area contributed by atoms with Gasteiger partial charge < -0.3 is 0 Å². The van der Waals surface area contributed by atoms with E-state index in [4.69, 9.17) is 11.6 Å². The molecule has 1 amide bonds. The number of nitrogens with one attached hydrogen (secondary N) is 1. The van der Waals surface area contributed by atoms with E-state index in [0.29, 0.717) is 16.4 Å². The molecule has 2 aromatic rings. The standard InChI is InChI=1S/C12H14ClFN6O/c1-7-9(12(14)19(3)17-7)4-15-16-11(21)6-20-5-10(13)8(2)18-20/h4-5H,6H2,1-3H3,(H,16,21). The number of aromatic nitrogens is 4. The van der Waals surface area contributed by atoms with Gasteiger partial charge in [0.15, 0.2) is 0 Å². The summed E-state index contributed by atoms with van der Waals surface area (Å²) in [4.78, 5) is 11.7. The molecule has 2 aromatic heterocycles. The molecule has 1 N–H and O–H groups in total. The van der Waals surface area contributed by atoms with Crippen molar-refractivity contribution < 1.29 is 9.18 Å². The Balaban J connectivity index is 1.96. The first-order valence-electron chi connectivity index (χ1n) is 6.09. The van der Waals surface area contributed by atoms with Crippen molar-refractivity contribution in [1.29, 1.82) is 0 Å². The minimum Gasteiger partial charge on any atom is -0.271 e. The summed E-state index contributed by atoms with van der Waals surface area (Å²) in [6, 6.07) is 0. The average molecular weight is 313 g/mol. The van der Waals surface area contributed by atoms with Crippen molar-refractivity contribution in [3.05, 3.63) is 34.1 Å². The van der Waals surface area contributed by atoms with E-state index in [0.717, 1.165) is 4.68 Å². The second-order valence-electron chi connectivity index (χ2n) is 4.47. The van der Waals surface area contributed by atoms with E-state index in [1.165, 1.54) is 17.9 Å². The maximum atomic E-state index is 13.6. The Bertz CT molecular complexity index is 685. The van der Waals surface area contributed by atoms with E-state index in [1.54, 1.807) is 20.0 Å². The van der Waals surface area contributed by atoms with Gasteiger partial charge in [-0.2, -0.15) is 19.7 Å². The smallest absolute Gasteiger partial charge is 0.261 e. The fourth-order valence-corrected chi connectivity index (χ4v) is 1.87. The molecular formula is C12H14ClFN6O. The Morgan fingerprint density at radius 3 is 2.71 bits per heavy atom. The zero-order chi connectivity index (χ0) is 15.6. The summed E-state index contributed by atoms with van der Waals surface area (Å²) in [6.45, 7) is 3.36. The number of rotatable bonds is 4. The van der Waals surface area contributed by atoms with Crippen molar-refractivity contribution >= 4 is 23.7 Å². The molecule has 7 nitrogen and oxygen atoms in total. The number of amides is 1. The van der Waals surface area contributed by atoms with Crippen molar-refractivity contribution in [1.82, 2.24) is 25.0 Å². The van der Waals surface area contributed by atoms with Crippen LogP contribution in [0.25, 0.3) is 0 Å². The highest BCUT2D eigenvalue weighted by Crippen LogP contribution is 2.11. The molecule has 0 spiro atoms. The molecule has 0 saturated carbocycles. The largest absolute Gasteiger partial charge is 0.271 e. The van der Waals surface area contributed by atoms with Gasteiger partial charge in [0, 0.05) is 13.2 Å². The van der Waals surface area contributed by atoms with Gasteiger partial charge in [-0.05, 0) is 13.8 Å². The van der Waals surface area contributed by atoms with Crippen LogP contribution in [0.3, 0.4) is 0 Å². The lowest BCUT2D eigenvalue weighted by Crippen LogP contribution is -2.23. The molecule has 9 heteroatoms. The van der Waals surface area contributed by atoms with Gasteiger partial charge in [0.05, 0.1) is 28.2 Å². The van der Waals surface area contributed by atoms with Gasteiger partial charge >= 0.3 is 0 Å². The van der Waals surface area contributed by atoms with Crippen LogP contribution in [0.5, 0.6) is 0 Å². The number of hydrogen-bond donors (Lipinski definition) is 1. The first-order chi connectivity index (χ1) is 9.88. The van der Waals surface area contributed by atoms with Crippen LogP contribution in [0.1, 0.15) is 17.0 Å². The maximum absolute atomic E-state index is 13.6. The highest BCUT2D eigenvalue weighted by atomic mass is 35.5. The van der Waals surface area contributed by atoms with Crippen LogP contribution in [0, 0.1) is 19.8 Å². The summed E-state index contributed by atoms with van der Waals surface area (Å²) >= 11 is 5.84. The third-order valence-electron chi connectivity index (χ3n) is 2.77.